The molecule has 2 aliphatic rings. The summed E-state index contributed by atoms with van der Waals surface area (Å²) in [5.74, 6) is 4.29. The molecule has 1 aromatic rings. The van der Waals surface area contributed by atoms with Crippen LogP contribution in [-0.4, -0.2) is 29.2 Å². The van der Waals surface area contributed by atoms with Gasteiger partial charge in [0.15, 0.2) is 5.82 Å². The van der Waals surface area contributed by atoms with Gasteiger partial charge in [-0.3, -0.25) is 0 Å². The lowest BCUT2D eigenvalue weighted by Crippen LogP contribution is -2.25. The smallest absolute Gasteiger partial charge is 0.158 e. The van der Waals surface area contributed by atoms with Crippen molar-refractivity contribution in [3.63, 3.8) is 0 Å². The molecule has 1 aromatic heterocycles. The van der Waals surface area contributed by atoms with Crippen molar-refractivity contribution in [2.24, 2.45) is 11.8 Å². The largest absolute Gasteiger partial charge is 0.374 e. The zero-order valence-corrected chi connectivity index (χ0v) is 13.1. The summed E-state index contributed by atoms with van der Waals surface area (Å²) in [6.07, 6.45) is 5.46. The summed E-state index contributed by atoms with van der Waals surface area (Å²) in [5, 5.41) is 6.95. The van der Waals surface area contributed by atoms with Crippen molar-refractivity contribution < 1.29 is 4.74 Å². The molecule has 5 heteroatoms. The molecule has 0 spiro atoms. The zero-order chi connectivity index (χ0) is 14.7. The summed E-state index contributed by atoms with van der Waals surface area (Å²) >= 11 is 0. The van der Waals surface area contributed by atoms with Crippen LogP contribution in [-0.2, 0) is 11.3 Å². The predicted molar refractivity (Wildman–Crippen MR) is 84.4 cm³/mol. The molecule has 1 heterocycles. The van der Waals surface area contributed by atoms with Gasteiger partial charge >= 0.3 is 0 Å². The fourth-order valence-electron chi connectivity index (χ4n) is 2.80. The number of hydrogen-bond donors (Lipinski definition) is 2. The number of hydrogen-bond acceptors (Lipinski definition) is 5. The molecule has 0 bridgehead atoms. The number of nitrogens with zero attached hydrogens (tertiary/aromatic N) is 2. The van der Waals surface area contributed by atoms with Crippen LogP contribution >= 0.6 is 0 Å². The maximum Gasteiger partial charge on any atom is 0.158 e. The molecule has 0 amide bonds. The Hall–Kier alpha value is -1.36. The van der Waals surface area contributed by atoms with Crippen LogP contribution in [0.25, 0.3) is 0 Å². The highest BCUT2D eigenvalue weighted by Crippen LogP contribution is 2.45. The van der Waals surface area contributed by atoms with Crippen molar-refractivity contribution >= 4 is 11.6 Å². The Balaban J connectivity index is 1.73. The van der Waals surface area contributed by atoms with Crippen LogP contribution in [0.15, 0.2) is 6.07 Å². The van der Waals surface area contributed by atoms with Gasteiger partial charge in [-0.15, -0.1) is 0 Å². The molecule has 0 aromatic carbocycles. The fraction of sp³-hybridized carbons (Fsp3) is 0.750. The van der Waals surface area contributed by atoms with Crippen LogP contribution in [0.1, 0.15) is 45.4 Å². The Morgan fingerprint density at radius 3 is 2.38 bits per heavy atom. The normalized spacial score (nSPS) is 18.0. The van der Waals surface area contributed by atoms with E-state index >= 15 is 0 Å². The summed E-state index contributed by atoms with van der Waals surface area (Å²) in [6.45, 7) is 6.09. The van der Waals surface area contributed by atoms with Gasteiger partial charge in [-0.1, -0.05) is 0 Å². The van der Waals surface area contributed by atoms with Crippen LogP contribution < -0.4 is 10.6 Å². The minimum atomic E-state index is 0.474. The predicted octanol–water partition coefficient (Wildman–Crippen LogP) is 3.05. The lowest BCUT2D eigenvalue weighted by Gasteiger charge is -2.19. The van der Waals surface area contributed by atoms with Crippen molar-refractivity contribution in [1.82, 2.24) is 9.97 Å². The molecule has 0 atom stereocenters. The molecule has 116 valence electrons. The molecule has 2 saturated carbocycles. The fourth-order valence-corrected chi connectivity index (χ4v) is 2.80. The second-order valence-electron chi connectivity index (χ2n) is 6.07. The molecular weight excluding hydrogens is 264 g/mol. The first-order valence-electron chi connectivity index (χ1n) is 8.26. The van der Waals surface area contributed by atoms with Gasteiger partial charge in [-0.2, -0.15) is 0 Å². The van der Waals surface area contributed by atoms with E-state index in [9.17, 15) is 0 Å². The third-order valence-corrected chi connectivity index (χ3v) is 4.14. The van der Waals surface area contributed by atoms with Gasteiger partial charge in [0.1, 0.15) is 18.2 Å². The molecule has 2 aliphatic carbocycles. The Morgan fingerprint density at radius 2 is 1.81 bits per heavy atom. The van der Waals surface area contributed by atoms with Crippen molar-refractivity contribution in [3.8, 4) is 0 Å². The molecule has 21 heavy (non-hydrogen) atoms. The lowest BCUT2D eigenvalue weighted by atomic mass is 10.1. The Bertz CT molecular complexity index is 459. The van der Waals surface area contributed by atoms with Gasteiger partial charge in [0.05, 0.1) is 0 Å². The summed E-state index contributed by atoms with van der Waals surface area (Å²) in [4.78, 5) is 9.13. The quantitative estimate of drug-likeness (QED) is 0.732. The first-order valence-corrected chi connectivity index (χ1v) is 8.26. The summed E-state index contributed by atoms with van der Waals surface area (Å²) < 4.78 is 5.45. The van der Waals surface area contributed by atoms with Gasteiger partial charge in [0.2, 0.25) is 0 Å². The number of rotatable bonds is 9. The van der Waals surface area contributed by atoms with Gasteiger partial charge < -0.3 is 15.4 Å². The lowest BCUT2D eigenvalue weighted by molar-refractivity contribution is 0.128. The first-order chi connectivity index (χ1) is 10.3. The molecular formula is C16H26N4O. The van der Waals surface area contributed by atoms with E-state index in [0.717, 1.165) is 35.8 Å². The van der Waals surface area contributed by atoms with E-state index in [2.05, 4.69) is 27.5 Å². The minimum absolute atomic E-state index is 0.474. The van der Waals surface area contributed by atoms with Crippen LogP contribution in [0.2, 0.25) is 0 Å². The van der Waals surface area contributed by atoms with E-state index in [4.69, 9.17) is 4.74 Å². The highest BCUT2D eigenvalue weighted by Gasteiger charge is 2.41. The van der Waals surface area contributed by atoms with Crippen LogP contribution in [0.3, 0.4) is 0 Å². The van der Waals surface area contributed by atoms with E-state index in [-0.39, 0.29) is 0 Å². The van der Waals surface area contributed by atoms with Crippen LogP contribution in [0, 0.1) is 11.8 Å². The van der Waals surface area contributed by atoms with Crippen molar-refractivity contribution in [2.75, 3.05) is 23.8 Å². The third kappa shape index (κ3) is 4.06. The van der Waals surface area contributed by atoms with Gasteiger partial charge in [0, 0.05) is 25.3 Å². The van der Waals surface area contributed by atoms with Crippen LogP contribution in [0.4, 0.5) is 11.6 Å². The van der Waals surface area contributed by atoms with Gasteiger partial charge in [-0.05, 0) is 51.4 Å². The summed E-state index contributed by atoms with van der Waals surface area (Å²) in [5.41, 5.74) is 0. The van der Waals surface area contributed by atoms with E-state index in [1.165, 1.54) is 25.7 Å². The van der Waals surface area contributed by atoms with Gasteiger partial charge in [0.25, 0.3) is 0 Å². The number of ether oxygens (including phenoxy) is 1. The molecule has 0 aliphatic heterocycles. The Labute approximate surface area is 126 Å². The first kappa shape index (κ1) is 14.6. The zero-order valence-electron chi connectivity index (χ0n) is 13.1. The molecule has 0 saturated heterocycles. The van der Waals surface area contributed by atoms with Crippen molar-refractivity contribution in [2.45, 2.75) is 52.2 Å². The minimum Gasteiger partial charge on any atom is -0.374 e. The molecule has 5 nitrogen and oxygen atoms in total. The summed E-state index contributed by atoms with van der Waals surface area (Å²) in [7, 11) is 0. The average molecular weight is 290 g/mol. The standard InChI is InChI=1S/C16H26N4O/c1-3-17-13-9-14(19-15(18-13)10-21-4-2)20-16(11-5-6-11)12-7-8-12/h9,11-12,16H,3-8,10H2,1-2H3,(H2,17,18,19,20). The molecule has 3 rings (SSSR count). The Morgan fingerprint density at radius 1 is 1.14 bits per heavy atom. The van der Waals surface area contributed by atoms with E-state index in [0.29, 0.717) is 19.3 Å². The van der Waals surface area contributed by atoms with Gasteiger partial charge in [-0.25, -0.2) is 9.97 Å². The van der Waals surface area contributed by atoms with Crippen molar-refractivity contribution in [3.05, 3.63) is 11.9 Å². The number of aromatic nitrogens is 2. The summed E-state index contributed by atoms with van der Waals surface area (Å²) in [6, 6.07) is 2.63. The van der Waals surface area contributed by atoms with Crippen molar-refractivity contribution in [1.29, 1.82) is 0 Å². The Kier molecular flexibility index (Phi) is 4.58. The highest BCUT2D eigenvalue weighted by atomic mass is 16.5. The molecule has 0 unspecified atom stereocenters. The topological polar surface area (TPSA) is 59.1 Å². The third-order valence-electron chi connectivity index (χ3n) is 4.14. The highest BCUT2D eigenvalue weighted by molar-refractivity contribution is 5.48. The second-order valence-corrected chi connectivity index (χ2v) is 6.07. The van der Waals surface area contributed by atoms with E-state index in [1.54, 1.807) is 0 Å². The maximum atomic E-state index is 5.45. The SMILES string of the molecule is CCNc1cc(NC(C2CC2)C2CC2)nc(COCC)n1. The molecule has 0 radical (unpaired) electrons. The maximum absolute atomic E-state index is 5.45. The van der Waals surface area contributed by atoms with Crippen LogP contribution in [0.5, 0.6) is 0 Å². The number of anilines is 2. The molecule has 2 fully saturated rings. The van der Waals surface area contributed by atoms with E-state index in [1.807, 2.05) is 13.0 Å². The molecule has 2 N–H and O–H groups in total. The number of nitrogens with one attached hydrogen (secondary N) is 2. The second kappa shape index (κ2) is 6.60. The monoisotopic (exact) mass is 290 g/mol. The average Bonchev–Trinajstić information content (AvgIpc) is 3.36. The van der Waals surface area contributed by atoms with E-state index < -0.39 is 0 Å².